The number of aryl methyl sites for hydroxylation is 2. The normalized spacial score (nSPS) is 13.2. The Balaban J connectivity index is 2.71. The van der Waals surface area contributed by atoms with Crippen molar-refractivity contribution in [3.63, 3.8) is 0 Å². The third-order valence-electron chi connectivity index (χ3n) is 3.15. The third-order valence-corrected chi connectivity index (χ3v) is 3.15. The van der Waals surface area contributed by atoms with Gasteiger partial charge in [-0.3, -0.25) is 4.68 Å². The number of nitrogens with zero attached hydrogens (tertiary/aromatic N) is 2. The van der Waals surface area contributed by atoms with Crippen LogP contribution in [0.5, 0.6) is 0 Å². The van der Waals surface area contributed by atoms with Crippen LogP contribution in [0.25, 0.3) is 0 Å². The van der Waals surface area contributed by atoms with E-state index in [1.54, 1.807) is 0 Å². The van der Waals surface area contributed by atoms with E-state index in [2.05, 4.69) is 10.4 Å². The molecule has 0 aliphatic heterocycles. The molecule has 1 atom stereocenters. The lowest BCUT2D eigenvalue weighted by molar-refractivity contribution is 0.0524. The molecule has 20 heavy (non-hydrogen) atoms. The van der Waals surface area contributed by atoms with Gasteiger partial charge in [-0.15, -0.1) is 0 Å². The molecule has 0 saturated heterocycles. The minimum atomic E-state index is -0.498. The number of ether oxygens (including phenoxy) is 1. The quantitative estimate of drug-likeness (QED) is 0.879. The van der Waals surface area contributed by atoms with Gasteiger partial charge >= 0.3 is 6.09 Å². The molecule has 1 unspecified atom stereocenters. The van der Waals surface area contributed by atoms with Crippen molar-refractivity contribution in [2.45, 2.75) is 46.1 Å². The maximum atomic E-state index is 11.7. The van der Waals surface area contributed by atoms with Gasteiger partial charge in [-0.25, -0.2) is 4.79 Å². The average molecular weight is 282 g/mol. The number of hydrogen-bond donors (Lipinski definition) is 2. The molecule has 0 aliphatic carbocycles. The lowest BCUT2D eigenvalue weighted by atomic mass is 9.97. The number of carbonyl (C=O) groups is 1. The minimum absolute atomic E-state index is 0.0382. The summed E-state index contributed by atoms with van der Waals surface area (Å²) in [5, 5.41) is 7.16. The Bertz CT molecular complexity index is 474. The topological polar surface area (TPSA) is 82.2 Å². The molecule has 114 valence electrons. The SMILES string of the molecule is Cc1nn(C)c(C)c1C(CN)CNC(=O)OC(C)(C)C. The van der Waals surface area contributed by atoms with E-state index >= 15 is 0 Å². The van der Waals surface area contributed by atoms with E-state index in [9.17, 15) is 4.79 Å². The number of carbonyl (C=O) groups excluding carboxylic acids is 1. The fraction of sp³-hybridized carbons (Fsp3) is 0.714. The Morgan fingerprint density at radius 2 is 2.05 bits per heavy atom. The van der Waals surface area contributed by atoms with Crippen LogP contribution in [-0.2, 0) is 11.8 Å². The second kappa shape index (κ2) is 6.26. The van der Waals surface area contributed by atoms with E-state index in [4.69, 9.17) is 10.5 Å². The van der Waals surface area contributed by atoms with E-state index in [0.717, 1.165) is 17.0 Å². The summed E-state index contributed by atoms with van der Waals surface area (Å²) in [7, 11) is 1.90. The van der Waals surface area contributed by atoms with Gasteiger partial charge in [-0.05, 0) is 34.6 Å². The summed E-state index contributed by atoms with van der Waals surface area (Å²) in [4.78, 5) is 11.7. The number of nitrogens with one attached hydrogen (secondary N) is 1. The van der Waals surface area contributed by atoms with Gasteiger partial charge < -0.3 is 15.8 Å². The molecule has 3 N–H and O–H groups in total. The van der Waals surface area contributed by atoms with E-state index < -0.39 is 11.7 Å². The monoisotopic (exact) mass is 282 g/mol. The van der Waals surface area contributed by atoms with Crippen LogP contribution in [0.3, 0.4) is 0 Å². The number of aromatic nitrogens is 2. The molecule has 6 nitrogen and oxygen atoms in total. The van der Waals surface area contributed by atoms with Gasteiger partial charge in [0.2, 0.25) is 0 Å². The van der Waals surface area contributed by atoms with Crippen LogP contribution >= 0.6 is 0 Å². The largest absolute Gasteiger partial charge is 0.444 e. The maximum Gasteiger partial charge on any atom is 0.407 e. The van der Waals surface area contributed by atoms with Gasteiger partial charge in [-0.1, -0.05) is 0 Å². The molecule has 6 heteroatoms. The minimum Gasteiger partial charge on any atom is -0.444 e. The molecule has 0 bridgehead atoms. The summed E-state index contributed by atoms with van der Waals surface area (Å²) in [6.07, 6.45) is -0.421. The van der Waals surface area contributed by atoms with E-state index in [1.165, 1.54) is 0 Å². The number of alkyl carbamates (subject to hydrolysis) is 1. The number of amides is 1. The van der Waals surface area contributed by atoms with E-state index in [1.807, 2.05) is 46.3 Å². The van der Waals surface area contributed by atoms with Crippen molar-refractivity contribution in [1.29, 1.82) is 0 Å². The fourth-order valence-corrected chi connectivity index (χ4v) is 2.20. The molecule has 1 aromatic heterocycles. The Hall–Kier alpha value is -1.56. The van der Waals surface area contributed by atoms with Crippen molar-refractivity contribution in [1.82, 2.24) is 15.1 Å². The zero-order valence-corrected chi connectivity index (χ0v) is 13.3. The predicted molar refractivity (Wildman–Crippen MR) is 78.7 cm³/mol. The van der Waals surface area contributed by atoms with Crippen molar-refractivity contribution in [3.05, 3.63) is 17.0 Å². The van der Waals surface area contributed by atoms with Crippen molar-refractivity contribution in [2.24, 2.45) is 12.8 Å². The second-order valence-electron chi connectivity index (χ2n) is 6.02. The summed E-state index contributed by atoms with van der Waals surface area (Å²) in [6.45, 7) is 10.4. The Morgan fingerprint density at radius 3 is 2.45 bits per heavy atom. The molecule has 0 aromatic carbocycles. The van der Waals surface area contributed by atoms with Crippen LogP contribution in [0.4, 0.5) is 4.79 Å². The fourth-order valence-electron chi connectivity index (χ4n) is 2.20. The maximum absolute atomic E-state index is 11.7. The molecule has 1 heterocycles. The predicted octanol–water partition coefficient (Wildman–Crippen LogP) is 1.60. The lowest BCUT2D eigenvalue weighted by Crippen LogP contribution is -2.36. The summed E-state index contributed by atoms with van der Waals surface area (Å²) < 4.78 is 7.06. The first-order valence-electron chi connectivity index (χ1n) is 6.82. The van der Waals surface area contributed by atoms with Crippen molar-refractivity contribution < 1.29 is 9.53 Å². The van der Waals surface area contributed by atoms with Gasteiger partial charge in [0.1, 0.15) is 5.60 Å². The molecule has 0 spiro atoms. The Labute approximate surface area is 120 Å². The van der Waals surface area contributed by atoms with Crippen molar-refractivity contribution >= 4 is 6.09 Å². The standard InChI is InChI=1S/C14H26N4O2/c1-9-12(10(2)18(6)17-9)11(7-15)8-16-13(19)20-14(3,4)5/h11H,7-8,15H2,1-6H3,(H,16,19). The molecule has 0 aliphatic rings. The molecular weight excluding hydrogens is 256 g/mol. The zero-order valence-electron chi connectivity index (χ0n) is 13.3. The highest BCUT2D eigenvalue weighted by molar-refractivity contribution is 5.67. The van der Waals surface area contributed by atoms with Crippen LogP contribution in [0.1, 0.15) is 43.6 Å². The molecule has 0 saturated carbocycles. The van der Waals surface area contributed by atoms with Crippen molar-refractivity contribution in [3.8, 4) is 0 Å². The van der Waals surface area contributed by atoms with Crippen LogP contribution < -0.4 is 11.1 Å². The molecule has 1 rings (SSSR count). The van der Waals surface area contributed by atoms with Gasteiger partial charge in [0, 0.05) is 37.3 Å². The van der Waals surface area contributed by atoms with E-state index in [0.29, 0.717) is 13.1 Å². The Kier molecular flexibility index (Phi) is 5.16. The van der Waals surface area contributed by atoms with Gasteiger partial charge in [-0.2, -0.15) is 5.10 Å². The molecule has 1 amide bonds. The highest BCUT2D eigenvalue weighted by Crippen LogP contribution is 2.22. The first kappa shape index (κ1) is 16.5. The zero-order chi connectivity index (χ0) is 15.5. The number of nitrogens with two attached hydrogens (primary N) is 1. The number of rotatable bonds is 4. The third kappa shape index (κ3) is 4.23. The second-order valence-corrected chi connectivity index (χ2v) is 6.02. The van der Waals surface area contributed by atoms with Gasteiger partial charge in [0.05, 0.1) is 5.69 Å². The van der Waals surface area contributed by atoms with Crippen LogP contribution in [0.15, 0.2) is 0 Å². The van der Waals surface area contributed by atoms with Crippen LogP contribution in [0.2, 0.25) is 0 Å². The lowest BCUT2D eigenvalue weighted by Gasteiger charge is -2.21. The first-order valence-corrected chi connectivity index (χ1v) is 6.82. The summed E-state index contributed by atoms with van der Waals surface area (Å²) in [5.74, 6) is 0.0382. The molecule has 0 radical (unpaired) electrons. The first-order chi connectivity index (χ1) is 9.15. The molecule has 1 aromatic rings. The summed E-state index contributed by atoms with van der Waals surface area (Å²) in [5.41, 5.74) is 8.46. The summed E-state index contributed by atoms with van der Waals surface area (Å²) >= 11 is 0. The van der Waals surface area contributed by atoms with E-state index in [-0.39, 0.29) is 5.92 Å². The smallest absolute Gasteiger partial charge is 0.407 e. The molecule has 0 fully saturated rings. The molecular formula is C14H26N4O2. The van der Waals surface area contributed by atoms with Crippen LogP contribution in [0, 0.1) is 13.8 Å². The van der Waals surface area contributed by atoms with Crippen molar-refractivity contribution in [2.75, 3.05) is 13.1 Å². The summed E-state index contributed by atoms with van der Waals surface area (Å²) in [6, 6.07) is 0. The van der Waals surface area contributed by atoms with Gasteiger partial charge in [0.25, 0.3) is 0 Å². The average Bonchev–Trinajstić information content (AvgIpc) is 2.54. The van der Waals surface area contributed by atoms with Crippen LogP contribution in [-0.4, -0.2) is 34.6 Å². The Morgan fingerprint density at radius 1 is 1.45 bits per heavy atom. The van der Waals surface area contributed by atoms with Gasteiger partial charge in [0.15, 0.2) is 0 Å². The highest BCUT2D eigenvalue weighted by atomic mass is 16.6. The number of hydrogen-bond acceptors (Lipinski definition) is 4. The highest BCUT2D eigenvalue weighted by Gasteiger charge is 2.21.